The van der Waals surface area contributed by atoms with Crippen molar-refractivity contribution in [1.82, 2.24) is 0 Å². The summed E-state index contributed by atoms with van der Waals surface area (Å²) in [4.78, 5) is 12.1. The van der Waals surface area contributed by atoms with Crippen LogP contribution in [0.5, 0.6) is 0 Å². The quantitative estimate of drug-likeness (QED) is 0.836. The van der Waals surface area contributed by atoms with Crippen LogP contribution < -0.4 is 10.6 Å². The number of halogens is 3. The van der Waals surface area contributed by atoms with E-state index in [0.717, 1.165) is 35.4 Å². The van der Waals surface area contributed by atoms with Crippen LogP contribution in [0, 0.1) is 6.92 Å². The lowest BCUT2D eigenvalue weighted by Crippen LogP contribution is -2.23. The first-order valence-electron chi connectivity index (χ1n) is 7.60. The van der Waals surface area contributed by atoms with Crippen LogP contribution >= 0.6 is 0 Å². The Morgan fingerprint density at radius 2 is 1.83 bits per heavy atom. The van der Waals surface area contributed by atoms with E-state index in [9.17, 15) is 18.0 Å². The van der Waals surface area contributed by atoms with Gasteiger partial charge >= 0.3 is 6.18 Å². The van der Waals surface area contributed by atoms with Crippen molar-refractivity contribution < 1.29 is 18.0 Å². The van der Waals surface area contributed by atoms with E-state index < -0.39 is 11.7 Å². The van der Waals surface area contributed by atoms with Gasteiger partial charge in [0.1, 0.15) is 0 Å². The van der Waals surface area contributed by atoms with Gasteiger partial charge in [-0.25, -0.2) is 0 Å². The van der Waals surface area contributed by atoms with E-state index in [2.05, 4.69) is 10.6 Å². The Balaban J connectivity index is 2.02. The van der Waals surface area contributed by atoms with Crippen LogP contribution in [0.2, 0.25) is 0 Å². The predicted molar refractivity (Wildman–Crippen MR) is 89.1 cm³/mol. The molecule has 0 aliphatic rings. The van der Waals surface area contributed by atoms with Crippen LogP contribution in [0.25, 0.3) is 0 Å². The highest BCUT2D eigenvalue weighted by molar-refractivity contribution is 5.95. The van der Waals surface area contributed by atoms with Gasteiger partial charge in [0.2, 0.25) is 5.91 Å². The van der Waals surface area contributed by atoms with Crippen molar-refractivity contribution in [3.8, 4) is 0 Å². The normalized spacial score (nSPS) is 11.2. The second kappa shape index (κ2) is 7.38. The van der Waals surface area contributed by atoms with Gasteiger partial charge in [-0.1, -0.05) is 31.2 Å². The third kappa shape index (κ3) is 4.50. The molecular weight excluding hydrogens is 317 g/mol. The molecule has 0 fully saturated rings. The van der Waals surface area contributed by atoms with Gasteiger partial charge in [0.25, 0.3) is 0 Å². The summed E-state index contributed by atoms with van der Waals surface area (Å²) >= 11 is 0. The molecule has 2 rings (SSSR count). The molecule has 24 heavy (non-hydrogen) atoms. The largest absolute Gasteiger partial charge is 0.416 e. The lowest BCUT2D eigenvalue weighted by atomic mass is 10.1. The number of benzene rings is 2. The summed E-state index contributed by atoms with van der Waals surface area (Å²) in [5.41, 5.74) is 2.22. The second-order valence-electron chi connectivity index (χ2n) is 5.44. The van der Waals surface area contributed by atoms with Crippen molar-refractivity contribution in [3.05, 3.63) is 59.2 Å². The maximum atomic E-state index is 12.7. The molecule has 0 aliphatic heterocycles. The molecule has 0 saturated heterocycles. The van der Waals surface area contributed by atoms with E-state index in [1.165, 1.54) is 12.1 Å². The zero-order valence-corrected chi connectivity index (χ0v) is 13.5. The zero-order valence-electron chi connectivity index (χ0n) is 13.5. The minimum atomic E-state index is -4.41. The van der Waals surface area contributed by atoms with E-state index >= 15 is 0 Å². The van der Waals surface area contributed by atoms with Crippen LogP contribution in [0.3, 0.4) is 0 Å². The Bertz CT molecular complexity index is 726. The Morgan fingerprint density at radius 3 is 2.50 bits per heavy atom. The lowest BCUT2D eigenvalue weighted by molar-refractivity contribution is -0.137. The number of para-hydroxylation sites is 1. The van der Waals surface area contributed by atoms with Crippen molar-refractivity contribution in [2.75, 3.05) is 17.2 Å². The Hall–Kier alpha value is -2.50. The molecule has 1 amide bonds. The molecule has 0 spiro atoms. The summed E-state index contributed by atoms with van der Waals surface area (Å²) in [5.74, 6) is -0.309. The van der Waals surface area contributed by atoms with Crippen LogP contribution in [0.4, 0.5) is 24.5 Å². The van der Waals surface area contributed by atoms with Gasteiger partial charge in [0, 0.05) is 11.4 Å². The number of carbonyl (C=O) groups excluding carboxylic acids is 1. The number of rotatable bonds is 5. The van der Waals surface area contributed by atoms with Gasteiger partial charge in [0.05, 0.1) is 12.1 Å². The summed E-state index contributed by atoms with van der Waals surface area (Å²) in [6.45, 7) is 3.78. The number of hydrogen-bond donors (Lipinski definition) is 2. The zero-order chi connectivity index (χ0) is 17.7. The Morgan fingerprint density at radius 1 is 1.12 bits per heavy atom. The number of nitrogens with one attached hydrogen (secondary N) is 2. The SMILES string of the molecule is CCc1cccc(C)c1NC(=O)CNc1cccc(C(F)(F)F)c1. The van der Waals surface area contributed by atoms with E-state index in [1.807, 2.05) is 32.0 Å². The monoisotopic (exact) mass is 336 g/mol. The van der Waals surface area contributed by atoms with E-state index in [4.69, 9.17) is 0 Å². The lowest BCUT2D eigenvalue weighted by Gasteiger charge is -2.14. The third-order valence-electron chi connectivity index (χ3n) is 3.65. The molecule has 0 radical (unpaired) electrons. The topological polar surface area (TPSA) is 41.1 Å². The number of aryl methyl sites for hydroxylation is 2. The van der Waals surface area contributed by atoms with E-state index in [1.54, 1.807) is 0 Å². The van der Waals surface area contributed by atoms with Gasteiger partial charge in [-0.05, 0) is 42.7 Å². The average Bonchev–Trinajstić information content (AvgIpc) is 2.54. The molecular formula is C18H19F3N2O. The molecule has 2 aromatic carbocycles. The fourth-order valence-electron chi connectivity index (χ4n) is 2.37. The number of amides is 1. The van der Waals surface area contributed by atoms with E-state index in [-0.39, 0.29) is 18.1 Å². The highest BCUT2D eigenvalue weighted by Gasteiger charge is 2.30. The van der Waals surface area contributed by atoms with Crippen LogP contribution in [-0.4, -0.2) is 12.5 Å². The number of alkyl halides is 3. The summed E-state index contributed by atoms with van der Waals surface area (Å²) in [5, 5.41) is 5.54. The molecule has 0 aromatic heterocycles. The van der Waals surface area contributed by atoms with E-state index in [0.29, 0.717) is 0 Å². The molecule has 3 nitrogen and oxygen atoms in total. The maximum absolute atomic E-state index is 12.7. The summed E-state index contributed by atoms with van der Waals surface area (Å²) in [7, 11) is 0. The Labute approximate surface area is 138 Å². The first-order valence-corrected chi connectivity index (χ1v) is 7.60. The van der Waals surface area contributed by atoms with Crippen molar-refractivity contribution in [2.24, 2.45) is 0 Å². The fraction of sp³-hybridized carbons (Fsp3) is 0.278. The van der Waals surface area contributed by atoms with Crippen LogP contribution in [-0.2, 0) is 17.4 Å². The van der Waals surface area contributed by atoms with Crippen molar-refractivity contribution in [3.63, 3.8) is 0 Å². The molecule has 0 aliphatic carbocycles. The van der Waals surface area contributed by atoms with Crippen molar-refractivity contribution in [2.45, 2.75) is 26.4 Å². The number of anilines is 2. The third-order valence-corrected chi connectivity index (χ3v) is 3.65. The molecule has 0 atom stereocenters. The van der Waals surface area contributed by atoms with Crippen LogP contribution in [0.15, 0.2) is 42.5 Å². The number of hydrogen-bond acceptors (Lipinski definition) is 2. The molecule has 6 heteroatoms. The fourth-order valence-corrected chi connectivity index (χ4v) is 2.37. The highest BCUT2D eigenvalue weighted by Crippen LogP contribution is 2.30. The molecule has 0 bridgehead atoms. The maximum Gasteiger partial charge on any atom is 0.416 e. The van der Waals surface area contributed by atoms with Gasteiger partial charge in [0.15, 0.2) is 0 Å². The molecule has 128 valence electrons. The molecule has 2 aromatic rings. The Kier molecular flexibility index (Phi) is 5.49. The molecule has 2 N–H and O–H groups in total. The van der Waals surface area contributed by atoms with Crippen molar-refractivity contribution in [1.29, 1.82) is 0 Å². The first-order chi connectivity index (χ1) is 11.3. The summed E-state index contributed by atoms with van der Waals surface area (Å²) in [6.07, 6.45) is -3.63. The highest BCUT2D eigenvalue weighted by atomic mass is 19.4. The molecule has 0 unspecified atom stereocenters. The van der Waals surface area contributed by atoms with Gasteiger partial charge in [-0.15, -0.1) is 0 Å². The van der Waals surface area contributed by atoms with Gasteiger partial charge in [-0.2, -0.15) is 13.2 Å². The summed E-state index contributed by atoms with van der Waals surface area (Å²) in [6, 6.07) is 10.5. The standard InChI is InChI=1S/C18H19F3N2O/c1-3-13-7-4-6-12(2)17(13)23-16(24)11-22-15-9-5-8-14(10-15)18(19,20)21/h4-10,22H,3,11H2,1-2H3,(H,23,24). The van der Waals surface area contributed by atoms with Crippen molar-refractivity contribution >= 4 is 17.3 Å². The molecule has 0 heterocycles. The predicted octanol–water partition coefficient (Wildman–Crippen LogP) is 4.63. The molecule has 0 saturated carbocycles. The minimum Gasteiger partial charge on any atom is -0.376 e. The smallest absolute Gasteiger partial charge is 0.376 e. The average molecular weight is 336 g/mol. The first kappa shape index (κ1) is 17.8. The summed E-state index contributed by atoms with van der Waals surface area (Å²) < 4.78 is 38.0. The second-order valence-corrected chi connectivity index (χ2v) is 5.44. The van der Waals surface area contributed by atoms with Gasteiger partial charge < -0.3 is 10.6 Å². The minimum absolute atomic E-state index is 0.112. The van der Waals surface area contributed by atoms with Crippen LogP contribution in [0.1, 0.15) is 23.6 Å². The van der Waals surface area contributed by atoms with Gasteiger partial charge in [-0.3, -0.25) is 4.79 Å². The number of carbonyl (C=O) groups is 1.